The van der Waals surface area contributed by atoms with Gasteiger partial charge in [-0.15, -0.1) is 0 Å². The quantitative estimate of drug-likeness (QED) is 0.0857. The zero-order valence-corrected chi connectivity index (χ0v) is 36.0. The number of methoxy groups -OCH3 is 4. The third-order valence-corrected chi connectivity index (χ3v) is 12.1. The maximum absolute atomic E-state index is 14.0. The van der Waals surface area contributed by atoms with Crippen molar-refractivity contribution < 1.29 is 43.2 Å². The number of halogens is 1. The van der Waals surface area contributed by atoms with Crippen LogP contribution in [0, 0.1) is 5.92 Å². The lowest BCUT2D eigenvalue weighted by molar-refractivity contribution is -0.147. The van der Waals surface area contributed by atoms with Crippen LogP contribution in [-0.2, 0) is 28.5 Å². The standard InChI is InChI=1S/C42H54ClN9O9/c1-22-8-17-31(52(22)39(54)42(44,24(3)60-6)50-41(57)61-7)36-45-19-30(46-36)28-13-9-26(10-14-28)27-11-15-29(16-12-27)34-35(43)49-37(47-34)32-18-25(21-58-4)20-51(32)38(53)33(23(2)59-5)48-40(55)56/h9-16,19,22-25,31-33,48H,8,17-18,20-21,44H2,1-7H3,(H,45,46)(H,47,49)(H,50,57)(H,55,56)/t22-,23+,24+,25-,31-,32-,33-,42+/m0/s1. The number of carbonyl (C=O) groups excluding carboxylic acids is 3. The Balaban J connectivity index is 1.17. The van der Waals surface area contributed by atoms with Gasteiger partial charge in [0.15, 0.2) is 5.66 Å². The fourth-order valence-corrected chi connectivity index (χ4v) is 8.43. The molecule has 7 N–H and O–H groups in total. The Morgan fingerprint density at radius 3 is 2.16 bits per heavy atom. The van der Waals surface area contributed by atoms with Crippen LogP contribution in [0.5, 0.6) is 0 Å². The number of nitrogens with two attached hydrogens (primary N) is 1. The zero-order valence-electron chi connectivity index (χ0n) is 35.2. The highest BCUT2D eigenvalue weighted by atomic mass is 35.5. The fraction of sp³-hybridized carbons (Fsp3) is 0.476. The minimum absolute atomic E-state index is 0.00599. The monoisotopic (exact) mass is 863 g/mol. The number of aromatic nitrogens is 4. The van der Waals surface area contributed by atoms with Crippen molar-refractivity contribution in [3.8, 4) is 33.6 Å². The average Bonchev–Trinajstić information content (AvgIpc) is 4.08. The molecule has 0 bridgehead atoms. The molecule has 0 unspecified atom stereocenters. The molecule has 61 heavy (non-hydrogen) atoms. The maximum atomic E-state index is 14.0. The van der Waals surface area contributed by atoms with E-state index in [-0.39, 0.29) is 12.0 Å². The van der Waals surface area contributed by atoms with Gasteiger partial charge in [0.1, 0.15) is 34.6 Å². The van der Waals surface area contributed by atoms with E-state index in [9.17, 15) is 24.3 Å². The predicted molar refractivity (Wildman–Crippen MR) is 225 cm³/mol. The first-order valence-corrected chi connectivity index (χ1v) is 20.3. The van der Waals surface area contributed by atoms with Crippen molar-refractivity contribution in [3.05, 3.63) is 71.5 Å². The van der Waals surface area contributed by atoms with Crippen LogP contribution in [0.25, 0.3) is 33.6 Å². The molecule has 2 fully saturated rings. The van der Waals surface area contributed by atoms with E-state index in [1.807, 2.05) is 55.5 Å². The molecule has 4 heterocycles. The Hall–Kier alpha value is -5.53. The number of benzene rings is 2. The van der Waals surface area contributed by atoms with Crippen LogP contribution in [0.3, 0.4) is 0 Å². The third kappa shape index (κ3) is 9.38. The number of likely N-dealkylation sites (tertiary alicyclic amines) is 2. The summed E-state index contributed by atoms with van der Waals surface area (Å²) in [7, 11) is 5.63. The topological polar surface area (TPSA) is 239 Å². The summed E-state index contributed by atoms with van der Waals surface area (Å²) in [5.41, 5.74) is 9.52. The van der Waals surface area contributed by atoms with Gasteiger partial charge in [0.25, 0.3) is 5.91 Å². The van der Waals surface area contributed by atoms with Gasteiger partial charge in [-0.25, -0.2) is 19.6 Å². The van der Waals surface area contributed by atoms with E-state index < -0.39 is 60.0 Å². The summed E-state index contributed by atoms with van der Waals surface area (Å²) in [4.78, 5) is 71.0. The van der Waals surface area contributed by atoms with Crippen LogP contribution in [0.15, 0.2) is 54.7 Å². The lowest BCUT2D eigenvalue weighted by Crippen LogP contribution is -2.71. The number of carboxylic acid groups (broad SMARTS) is 1. The smallest absolute Gasteiger partial charge is 0.408 e. The molecule has 2 aromatic heterocycles. The SMILES string of the molecule is COC[C@H]1C[C@@H](c2nc(-c3ccc(-c4ccc(-c5cnc([C@@H]6CC[C@H](C)N6C(=O)[C@](N)(NC(=O)OC)[C@@H](C)OC)[nH]5)cc4)cc3)c(Cl)[nH]2)N(C(=O)[C@@H](NC(=O)O)[C@@H](C)OC)C1. The second kappa shape index (κ2) is 19.0. The summed E-state index contributed by atoms with van der Waals surface area (Å²) in [6.45, 7) is 5.93. The van der Waals surface area contributed by atoms with E-state index in [1.54, 1.807) is 37.0 Å². The molecule has 18 nitrogen and oxygen atoms in total. The molecule has 2 aromatic carbocycles. The van der Waals surface area contributed by atoms with Crippen LogP contribution < -0.4 is 16.4 Å². The molecule has 0 spiro atoms. The molecule has 0 saturated carbocycles. The fourth-order valence-electron chi connectivity index (χ4n) is 8.19. The van der Waals surface area contributed by atoms with Crippen molar-refractivity contribution in [2.24, 2.45) is 11.7 Å². The number of alkyl carbamates (subject to hydrolysis) is 1. The van der Waals surface area contributed by atoms with Crippen LogP contribution in [-0.4, -0.2) is 130 Å². The number of carbonyl (C=O) groups is 4. The number of amides is 4. The lowest BCUT2D eigenvalue weighted by atomic mass is 10.0. The minimum Gasteiger partial charge on any atom is -0.465 e. The Morgan fingerprint density at radius 2 is 1.57 bits per heavy atom. The molecule has 19 heteroatoms. The number of ether oxygens (including phenoxy) is 4. The number of imidazole rings is 2. The van der Waals surface area contributed by atoms with Gasteiger partial charge in [0.2, 0.25) is 5.91 Å². The summed E-state index contributed by atoms with van der Waals surface area (Å²) in [6, 6.07) is 13.6. The normalized spacial score (nSPS) is 21.4. The first-order valence-electron chi connectivity index (χ1n) is 20.0. The van der Waals surface area contributed by atoms with Crippen molar-refractivity contribution in [2.75, 3.05) is 41.6 Å². The molecule has 2 aliphatic rings. The van der Waals surface area contributed by atoms with E-state index in [4.69, 9.17) is 41.3 Å². The van der Waals surface area contributed by atoms with Gasteiger partial charge < -0.3 is 49.1 Å². The van der Waals surface area contributed by atoms with Gasteiger partial charge in [-0.3, -0.25) is 20.6 Å². The van der Waals surface area contributed by atoms with Crippen molar-refractivity contribution in [1.82, 2.24) is 40.4 Å². The average molecular weight is 864 g/mol. The van der Waals surface area contributed by atoms with Gasteiger partial charge in [0, 0.05) is 45.4 Å². The molecule has 4 aromatic rings. The Morgan fingerprint density at radius 1 is 0.934 bits per heavy atom. The van der Waals surface area contributed by atoms with Crippen LogP contribution >= 0.6 is 11.6 Å². The number of hydrogen-bond acceptors (Lipinski definition) is 11. The third-order valence-electron chi connectivity index (χ3n) is 11.8. The largest absolute Gasteiger partial charge is 0.465 e. The number of hydrogen-bond donors (Lipinski definition) is 6. The van der Waals surface area contributed by atoms with E-state index in [0.717, 1.165) is 27.9 Å². The first kappa shape index (κ1) is 45.0. The highest BCUT2D eigenvalue weighted by Gasteiger charge is 2.50. The van der Waals surface area contributed by atoms with Gasteiger partial charge in [-0.2, -0.15) is 0 Å². The van der Waals surface area contributed by atoms with Gasteiger partial charge >= 0.3 is 12.2 Å². The molecule has 328 valence electrons. The maximum Gasteiger partial charge on any atom is 0.408 e. The van der Waals surface area contributed by atoms with Gasteiger partial charge in [-0.05, 0) is 56.7 Å². The second-order valence-corrected chi connectivity index (χ2v) is 15.9. The van der Waals surface area contributed by atoms with Gasteiger partial charge in [-0.1, -0.05) is 60.1 Å². The van der Waals surface area contributed by atoms with Crippen molar-refractivity contribution >= 4 is 35.6 Å². The van der Waals surface area contributed by atoms with E-state index in [0.29, 0.717) is 54.9 Å². The van der Waals surface area contributed by atoms with E-state index in [2.05, 4.69) is 25.6 Å². The number of nitrogens with one attached hydrogen (secondary N) is 4. The Labute approximate surface area is 358 Å². The summed E-state index contributed by atoms with van der Waals surface area (Å²) < 4.78 is 20.9. The highest BCUT2D eigenvalue weighted by molar-refractivity contribution is 6.31. The number of aromatic amines is 2. The summed E-state index contributed by atoms with van der Waals surface area (Å²) >= 11 is 6.74. The molecular weight excluding hydrogens is 810 g/mol. The molecule has 6 rings (SSSR count). The van der Waals surface area contributed by atoms with Crippen LogP contribution in [0.2, 0.25) is 5.15 Å². The van der Waals surface area contributed by atoms with E-state index >= 15 is 0 Å². The minimum atomic E-state index is -1.87. The molecule has 0 aliphatic carbocycles. The molecule has 2 saturated heterocycles. The molecule has 2 aliphatic heterocycles. The zero-order chi connectivity index (χ0) is 44.2. The number of rotatable bonds is 15. The number of H-pyrrole nitrogens is 2. The van der Waals surface area contributed by atoms with Crippen molar-refractivity contribution in [2.45, 2.75) is 82.1 Å². The van der Waals surface area contributed by atoms with E-state index in [1.165, 1.54) is 21.3 Å². The number of nitrogens with zero attached hydrogens (tertiary/aromatic N) is 4. The molecule has 8 atom stereocenters. The lowest BCUT2D eigenvalue weighted by Gasteiger charge is -2.39. The summed E-state index contributed by atoms with van der Waals surface area (Å²) in [6.07, 6.45) is -0.124. The Bertz CT molecular complexity index is 2180. The highest BCUT2D eigenvalue weighted by Crippen LogP contribution is 2.40. The van der Waals surface area contributed by atoms with Gasteiger partial charge in [0.05, 0.1) is 43.8 Å². The van der Waals surface area contributed by atoms with Crippen LogP contribution in [0.4, 0.5) is 9.59 Å². The second-order valence-electron chi connectivity index (χ2n) is 15.6. The van der Waals surface area contributed by atoms with Crippen molar-refractivity contribution in [1.29, 1.82) is 0 Å². The molecule has 4 amide bonds. The van der Waals surface area contributed by atoms with Crippen LogP contribution in [0.1, 0.15) is 63.8 Å². The summed E-state index contributed by atoms with van der Waals surface area (Å²) in [5.74, 6) is 0.140. The first-order chi connectivity index (χ1) is 29.1. The Kier molecular flexibility index (Phi) is 14.0. The van der Waals surface area contributed by atoms with Crippen molar-refractivity contribution in [3.63, 3.8) is 0 Å². The predicted octanol–water partition coefficient (Wildman–Crippen LogP) is 5.09. The molecular formula is C42H54ClN9O9. The summed E-state index contributed by atoms with van der Waals surface area (Å²) in [5, 5.41) is 14.6. The molecule has 0 radical (unpaired) electrons.